The van der Waals surface area contributed by atoms with Crippen molar-refractivity contribution >= 4 is 40.6 Å². The minimum Gasteiger partial charge on any atom is -0.486 e. The van der Waals surface area contributed by atoms with E-state index in [1.807, 2.05) is 30.3 Å². The number of fused-ring (bicyclic) bond motifs is 1. The van der Waals surface area contributed by atoms with Gasteiger partial charge < -0.3 is 19.1 Å². The molecular formula is C37H41FN2O8. The third kappa shape index (κ3) is 9.63. The van der Waals surface area contributed by atoms with Crippen LogP contribution in [0.4, 0.5) is 4.39 Å². The summed E-state index contributed by atoms with van der Waals surface area (Å²) >= 11 is 0. The van der Waals surface area contributed by atoms with Gasteiger partial charge in [0.2, 0.25) is 5.78 Å². The highest BCUT2D eigenvalue weighted by Gasteiger charge is 2.42. The second kappa shape index (κ2) is 16.4. The fourth-order valence-electron chi connectivity index (χ4n) is 5.48. The van der Waals surface area contributed by atoms with Crippen molar-refractivity contribution < 1.29 is 42.6 Å². The molecule has 1 aliphatic rings. The van der Waals surface area contributed by atoms with Gasteiger partial charge in [-0.05, 0) is 74.4 Å². The Labute approximate surface area is 279 Å². The number of aromatic nitrogens is 1. The summed E-state index contributed by atoms with van der Waals surface area (Å²) in [7, 11) is 0. The second-order valence-electron chi connectivity index (χ2n) is 12.7. The molecule has 10 nitrogen and oxygen atoms in total. The SMILES string of the molecule is C=C(C=O)COCC(C)(C)C(=O)C(=O)N1CCCC[C@H]1C(=O)O[C@H](CCc1cnc2ccccc2c1)c1cc(F)cc(OCC(C)=O)c1. The van der Waals surface area contributed by atoms with E-state index in [4.69, 9.17) is 14.2 Å². The predicted molar refractivity (Wildman–Crippen MR) is 176 cm³/mol. The lowest BCUT2D eigenvalue weighted by atomic mass is 9.87. The van der Waals surface area contributed by atoms with Crippen molar-refractivity contribution in [1.82, 2.24) is 9.88 Å². The molecule has 0 radical (unpaired) electrons. The van der Waals surface area contributed by atoms with Gasteiger partial charge >= 0.3 is 5.97 Å². The van der Waals surface area contributed by atoms with Gasteiger partial charge in [-0.1, -0.05) is 38.6 Å². The number of esters is 1. The summed E-state index contributed by atoms with van der Waals surface area (Å²) in [6, 6.07) is 12.5. The summed E-state index contributed by atoms with van der Waals surface area (Å²) in [5, 5.41) is 0.942. The Morgan fingerprint density at radius 3 is 2.62 bits per heavy atom. The van der Waals surface area contributed by atoms with E-state index in [1.54, 1.807) is 20.0 Å². The summed E-state index contributed by atoms with van der Waals surface area (Å²) in [4.78, 5) is 68.8. The molecule has 0 unspecified atom stereocenters. The zero-order valence-electron chi connectivity index (χ0n) is 27.5. The number of carbonyl (C=O) groups excluding carboxylic acids is 5. The maximum atomic E-state index is 14.8. The van der Waals surface area contributed by atoms with E-state index in [2.05, 4.69) is 11.6 Å². The number of amides is 1. The van der Waals surface area contributed by atoms with Crippen LogP contribution >= 0.6 is 0 Å². The van der Waals surface area contributed by atoms with Crippen LogP contribution in [0.3, 0.4) is 0 Å². The average molecular weight is 661 g/mol. The normalized spacial score (nSPS) is 15.4. The number of pyridine rings is 1. The van der Waals surface area contributed by atoms with Gasteiger partial charge in [0.05, 0.1) is 24.1 Å². The third-order valence-electron chi connectivity index (χ3n) is 8.07. The van der Waals surface area contributed by atoms with Crippen molar-refractivity contribution in [3.05, 3.63) is 83.8 Å². The van der Waals surface area contributed by atoms with Crippen molar-refractivity contribution in [2.24, 2.45) is 5.41 Å². The van der Waals surface area contributed by atoms with Crippen LogP contribution in [0.25, 0.3) is 10.9 Å². The fourth-order valence-corrected chi connectivity index (χ4v) is 5.48. The van der Waals surface area contributed by atoms with E-state index in [1.165, 1.54) is 24.0 Å². The molecule has 48 heavy (non-hydrogen) atoms. The summed E-state index contributed by atoms with van der Waals surface area (Å²) in [6.07, 6.45) is 3.52. The molecule has 0 bridgehead atoms. The highest BCUT2D eigenvalue weighted by molar-refractivity contribution is 6.38. The van der Waals surface area contributed by atoms with Crippen molar-refractivity contribution in [3.63, 3.8) is 0 Å². The number of hydrogen-bond donors (Lipinski definition) is 0. The highest BCUT2D eigenvalue weighted by Crippen LogP contribution is 2.31. The Morgan fingerprint density at radius 2 is 1.88 bits per heavy atom. The fraction of sp³-hybridized carbons (Fsp3) is 0.405. The van der Waals surface area contributed by atoms with Crippen LogP contribution in [-0.4, -0.2) is 72.0 Å². The number of hydrogen-bond acceptors (Lipinski definition) is 9. The zero-order valence-corrected chi connectivity index (χ0v) is 27.5. The average Bonchev–Trinajstić information content (AvgIpc) is 3.07. The van der Waals surface area contributed by atoms with Crippen molar-refractivity contribution in [1.29, 1.82) is 0 Å². The molecule has 1 fully saturated rings. The molecule has 1 aliphatic heterocycles. The lowest BCUT2D eigenvalue weighted by molar-refractivity contribution is -0.165. The van der Waals surface area contributed by atoms with E-state index in [0.29, 0.717) is 31.1 Å². The molecule has 3 aromatic rings. The zero-order chi connectivity index (χ0) is 34.8. The van der Waals surface area contributed by atoms with Crippen LogP contribution < -0.4 is 4.74 Å². The number of nitrogens with zero attached hydrogens (tertiary/aromatic N) is 2. The molecule has 0 N–H and O–H groups in total. The van der Waals surface area contributed by atoms with Crippen LogP contribution in [0.1, 0.15) is 63.7 Å². The van der Waals surface area contributed by atoms with Gasteiger partial charge in [0.1, 0.15) is 36.6 Å². The van der Waals surface area contributed by atoms with Gasteiger partial charge in [0, 0.05) is 29.8 Å². The maximum absolute atomic E-state index is 14.8. The van der Waals surface area contributed by atoms with Gasteiger partial charge in [-0.2, -0.15) is 0 Å². The number of aldehydes is 1. The van der Waals surface area contributed by atoms with Gasteiger partial charge in [-0.3, -0.25) is 24.2 Å². The van der Waals surface area contributed by atoms with E-state index < -0.39 is 41.0 Å². The maximum Gasteiger partial charge on any atom is 0.329 e. The van der Waals surface area contributed by atoms with Crippen LogP contribution in [-0.2, 0) is 39.9 Å². The van der Waals surface area contributed by atoms with Crippen molar-refractivity contribution in [2.45, 2.75) is 65.0 Å². The molecule has 2 aromatic carbocycles. The minimum atomic E-state index is -1.24. The molecule has 11 heteroatoms. The Kier molecular flexibility index (Phi) is 12.3. The van der Waals surface area contributed by atoms with Gasteiger partial charge in [0.15, 0.2) is 5.78 Å². The molecule has 4 rings (SSSR count). The lowest BCUT2D eigenvalue weighted by Crippen LogP contribution is -2.53. The minimum absolute atomic E-state index is 0.0781. The highest BCUT2D eigenvalue weighted by atomic mass is 19.1. The summed E-state index contributed by atoms with van der Waals surface area (Å²) in [6.45, 7) is 7.72. The smallest absolute Gasteiger partial charge is 0.329 e. The van der Waals surface area contributed by atoms with E-state index >= 15 is 0 Å². The number of para-hydroxylation sites is 1. The van der Waals surface area contributed by atoms with Crippen LogP contribution in [0, 0.1) is 11.2 Å². The van der Waals surface area contributed by atoms with Crippen LogP contribution in [0.5, 0.6) is 5.75 Å². The summed E-state index contributed by atoms with van der Waals surface area (Å²) in [5.74, 6) is -3.06. The van der Waals surface area contributed by atoms with Gasteiger partial charge in [-0.15, -0.1) is 0 Å². The number of ether oxygens (including phenoxy) is 3. The van der Waals surface area contributed by atoms with Crippen molar-refractivity contribution in [3.8, 4) is 5.75 Å². The number of piperidine rings is 1. The molecule has 2 heterocycles. The number of carbonyl (C=O) groups is 5. The molecule has 1 aromatic heterocycles. The van der Waals surface area contributed by atoms with E-state index in [0.717, 1.165) is 22.5 Å². The van der Waals surface area contributed by atoms with Crippen molar-refractivity contribution in [2.75, 3.05) is 26.4 Å². The monoisotopic (exact) mass is 660 g/mol. The summed E-state index contributed by atoms with van der Waals surface area (Å²) < 4.78 is 31.8. The van der Waals surface area contributed by atoms with Gasteiger partial charge in [0.25, 0.3) is 5.91 Å². The molecule has 1 saturated heterocycles. The van der Waals surface area contributed by atoms with Gasteiger partial charge in [-0.25, -0.2) is 9.18 Å². The molecule has 0 aliphatic carbocycles. The predicted octanol–water partition coefficient (Wildman–Crippen LogP) is 5.31. The molecule has 0 spiro atoms. The number of likely N-dealkylation sites (tertiary alicyclic amines) is 1. The number of aryl methyl sites for hydroxylation is 1. The number of Topliss-reactive ketones (excluding diaryl/α,β-unsaturated/α-hetero) is 2. The second-order valence-corrected chi connectivity index (χ2v) is 12.7. The quantitative estimate of drug-likeness (QED) is 0.0869. The van der Waals surface area contributed by atoms with E-state index in [9.17, 15) is 28.4 Å². The molecular weight excluding hydrogens is 619 g/mol. The first-order valence-corrected chi connectivity index (χ1v) is 15.9. The van der Waals surface area contributed by atoms with Crippen LogP contribution in [0.15, 0.2) is 66.9 Å². The Morgan fingerprint density at radius 1 is 1.10 bits per heavy atom. The first-order chi connectivity index (χ1) is 22.9. The molecule has 254 valence electrons. The molecule has 1 amide bonds. The Hall–Kier alpha value is -4.77. The van der Waals surface area contributed by atoms with E-state index in [-0.39, 0.29) is 56.3 Å². The van der Waals surface area contributed by atoms with Crippen LogP contribution in [0.2, 0.25) is 0 Å². The first-order valence-electron chi connectivity index (χ1n) is 15.9. The Bertz CT molecular complexity index is 1690. The first kappa shape index (κ1) is 36.1. The Balaban J connectivity index is 1.56. The number of rotatable bonds is 16. The molecule has 2 atom stereocenters. The number of ketones is 2. The lowest BCUT2D eigenvalue weighted by Gasteiger charge is -2.36. The number of halogens is 1. The standard InChI is InChI=1S/C37H41FN2O8/c1-24(20-41)21-46-23-37(3,4)34(43)35(44)40-14-8-7-11-32(40)36(45)48-33(28-16-29(38)18-30(17-28)47-22-25(2)42)13-12-26-15-27-9-5-6-10-31(27)39-19-26/h5-6,9-10,15-20,32-33H,1,7-8,11-14,21-23H2,2-4H3/t32-,33+/m0/s1. The summed E-state index contributed by atoms with van der Waals surface area (Å²) in [5.41, 5.74) is 0.988. The topological polar surface area (TPSA) is 129 Å². The number of benzene rings is 2. The molecule has 0 saturated carbocycles. The third-order valence-corrected chi connectivity index (χ3v) is 8.07. The largest absolute Gasteiger partial charge is 0.486 e.